The van der Waals surface area contributed by atoms with E-state index in [-0.39, 0.29) is 26.6 Å². The third kappa shape index (κ3) is 4.19. The van der Waals surface area contributed by atoms with E-state index >= 15 is 0 Å². The van der Waals surface area contributed by atoms with Crippen molar-refractivity contribution in [2.75, 3.05) is 5.73 Å². The Hall–Kier alpha value is -1.24. The van der Waals surface area contributed by atoms with Crippen molar-refractivity contribution in [3.8, 4) is 0 Å². The lowest BCUT2D eigenvalue weighted by Gasteiger charge is -2.07. The molecule has 0 bridgehead atoms. The zero-order chi connectivity index (χ0) is 17.1. The van der Waals surface area contributed by atoms with Gasteiger partial charge < -0.3 is 5.73 Å². The van der Waals surface area contributed by atoms with E-state index in [1.165, 1.54) is 6.21 Å². The number of nitrogen functional groups attached to an aromatic ring is 1. The normalized spacial score (nSPS) is 11.0. The van der Waals surface area contributed by atoms with Gasteiger partial charge in [-0.25, -0.2) is 10.4 Å². The van der Waals surface area contributed by atoms with Gasteiger partial charge in [-0.3, -0.25) is 4.79 Å². The summed E-state index contributed by atoms with van der Waals surface area (Å²) in [5.74, 6) is -0.707. The molecule has 1 aromatic heterocycles. The molecule has 0 atom stereocenters. The number of carbonyl (C=O) groups excluding carboxylic acids is 1. The molecule has 0 unspecified atom stereocenters. The average Bonchev–Trinajstić information content (AvgIpc) is 2.50. The maximum atomic E-state index is 12.0. The predicted molar refractivity (Wildman–Crippen MR) is 95.2 cm³/mol. The molecule has 3 N–H and O–H groups in total. The molecule has 0 saturated carbocycles. The first-order valence-electron chi connectivity index (χ1n) is 5.89. The number of rotatable bonds is 3. The SMILES string of the molecule is Nc1c(Cl)c(Cl)nc(C(=O)NN=Cc2ccc(Cl)cc2Cl)c1Cl. The molecular formula is C13H7Cl5N4O. The van der Waals surface area contributed by atoms with E-state index in [1.54, 1.807) is 18.2 Å². The molecule has 2 rings (SSSR count). The Morgan fingerprint density at radius 1 is 1.17 bits per heavy atom. The van der Waals surface area contributed by atoms with Crippen molar-refractivity contribution in [1.29, 1.82) is 0 Å². The van der Waals surface area contributed by atoms with Crippen LogP contribution in [-0.2, 0) is 0 Å². The molecular weight excluding hydrogens is 405 g/mol. The maximum Gasteiger partial charge on any atom is 0.291 e. The van der Waals surface area contributed by atoms with Gasteiger partial charge in [0.1, 0.15) is 5.02 Å². The number of halogens is 5. The summed E-state index contributed by atoms with van der Waals surface area (Å²) >= 11 is 29.2. The van der Waals surface area contributed by atoms with Gasteiger partial charge in [-0.15, -0.1) is 0 Å². The van der Waals surface area contributed by atoms with Crippen molar-refractivity contribution in [3.05, 3.63) is 54.7 Å². The van der Waals surface area contributed by atoms with Crippen LogP contribution in [0, 0.1) is 0 Å². The standard InChI is InChI=1S/C13H7Cl5N4O/c14-6-2-1-5(7(15)3-6)4-20-22-13(23)11-8(16)10(19)9(17)12(18)21-11/h1-4H,(H2,19,21)(H,22,23). The Morgan fingerprint density at radius 2 is 1.87 bits per heavy atom. The monoisotopic (exact) mass is 410 g/mol. The van der Waals surface area contributed by atoms with Crippen LogP contribution in [0.4, 0.5) is 5.69 Å². The number of nitrogens with two attached hydrogens (primary N) is 1. The van der Waals surface area contributed by atoms with Crippen LogP contribution in [-0.4, -0.2) is 17.1 Å². The Balaban J connectivity index is 2.18. The Labute approximate surface area is 156 Å². The zero-order valence-electron chi connectivity index (χ0n) is 11.1. The van der Waals surface area contributed by atoms with Gasteiger partial charge >= 0.3 is 0 Å². The fourth-order valence-electron chi connectivity index (χ4n) is 1.50. The van der Waals surface area contributed by atoms with Gasteiger partial charge in [0.05, 0.1) is 21.9 Å². The molecule has 1 aromatic carbocycles. The lowest BCUT2D eigenvalue weighted by Crippen LogP contribution is -2.20. The summed E-state index contributed by atoms with van der Waals surface area (Å²) in [6.07, 6.45) is 1.34. The number of nitrogens with zero attached hydrogens (tertiary/aromatic N) is 2. The number of hydrogen-bond acceptors (Lipinski definition) is 4. The Bertz CT molecular complexity index is 809. The summed E-state index contributed by atoms with van der Waals surface area (Å²) in [4.78, 5) is 15.8. The largest absolute Gasteiger partial charge is 0.396 e. The molecule has 0 aliphatic rings. The number of hydrazone groups is 1. The second-order valence-electron chi connectivity index (χ2n) is 4.16. The minimum Gasteiger partial charge on any atom is -0.396 e. The zero-order valence-corrected chi connectivity index (χ0v) is 14.9. The van der Waals surface area contributed by atoms with E-state index in [9.17, 15) is 4.79 Å². The third-order valence-corrected chi connectivity index (χ3v) is 4.32. The molecule has 120 valence electrons. The van der Waals surface area contributed by atoms with E-state index in [0.29, 0.717) is 15.6 Å². The third-order valence-electron chi connectivity index (χ3n) is 2.62. The first-order chi connectivity index (χ1) is 10.8. The molecule has 0 saturated heterocycles. The Morgan fingerprint density at radius 3 is 2.52 bits per heavy atom. The molecule has 0 spiro atoms. The predicted octanol–water partition coefficient (Wildman–Crippen LogP) is 4.69. The molecule has 0 radical (unpaired) electrons. The minimum atomic E-state index is -0.707. The average molecular weight is 412 g/mol. The maximum absolute atomic E-state index is 12.0. The topological polar surface area (TPSA) is 80.4 Å². The smallest absolute Gasteiger partial charge is 0.291 e. The molecule has 23 heavy (non-hydrogen) atoms. The van der Waals surface area contributed by atoms with Gasteiger partial charge in [0, 0.05) is 10.6 Å². The lowest BCUT2D eigenvalue weighted by molar-refractivity contribution is 0.0950. The number of carbonyl (C=O) groups is 1. The van der Waals surface area contributed by atoms with Crippen LogP contribution in [0.25, 0.3) is 0 Å². The van der Waals surface area contributed by atoms with Gasteiger partial charge in [0.2, 0.25) is 0 Å². The molecule has 1 heterocycles. The van der Waals surface area contributed by atoms with E-state index in [2.05, 4.69) is 15.5 Å². The summed E-state index contributed by atoms with van der Waals surface area (Å²) in [6.45, 7) is 0. The summed E-state index contributed by atoms with van der Waals surface area (Å²) in [5, 5.41) is 4.36. The fraction of sp³-hybridized carbons (Fsp3) is 0. The highest BCUT2D eigenvalue weighted by Gasteiger charge is 2.19. The second kappa shape index (κ2) is 7.55. The summed E-state index contributed by atoms with van der Waals surface area (Å²) < 4.78 is 0. The first-order valence-corrected chi connectivity index (χ1v) is 7.78. The van der Waals surface area contributed by atoms with Crippen LogP contribution < -0.4 is 11.2 Å². The van der Waals surface area contributed by atoms with Crippen molar-refractivity contribution in [2.24, 2.45) is 5.10 Å². The number of hydrogen-bond donors (Lipinski definition) is 2. The van der Waals surface area contributed by atoms with Crippen LogP contribution in [0.2, 0.25) is 25.2 Å². The van der Waals surface area contributed by atoms with Gasteiger partial charge in [-0.05, 0) is 12.1 Å². The van der Waals surface area contributed by atoms with Crippen molar-refractivity contribution in [3.63, 3.8) is 0 Å². The van der Waals surface area contributed by atoms with Crippen LogP contribution in [0.15, 0.2) is 23.3 Å². The van der Waals surface area contributed by atoms with E-state index in [1.807, 2.05) is 0 Å². The van der Waals surface area contributed by atoms with Crippen LogP contribution >= 0.6 is 58.0 Å². The highest BCUT2D eigenvalue weighted by atomic mass is 35.5. The number of pyridine rings is 1. The van der Waals surface area contributed by atoms with Crippen LogP contribution in [0.5, 0.6) is 0 Å². The van der Waals surface area contributed by atoms with Crippen molar-refractivity contribution >= 4 is 75.8 Å². The summed E-state index contributed by atoms with van der Waals surface area (Å²) in [5.41, 5.74) is 8.20. The van der Waals surface area contributed by atoms with Crippen molar-refractivity contribution < 1.29 is 4.79 Å². The molecule has 10 heteroatoms. The number of nitrogens with one attached hydrogen (secondary N) is 1. The van der Waals surface area contributed by atoms with Gasteiger partial charge in [0.15, 0.2) is 10.8 Å². The number of aromatic nitrogens is 1. The quantitative estimate of drug-likeness (QED) is 0.436. The highest BCUT2D eigenvalue weighted by molar-refractivity contribution is 6.46. The summed E-state index contributed by atoms with van der Waals surface area (Å²) in [7, 11) is 0. The summed E-state index contributed by atoms with van der Waals surface area (Å²) in [6, 6.07) is 4.82. The molecule has 0 aliphatic carbocycles. The molecule has 1 amide bonds. The van der Waals surface area contributed by atoms with Crippen molar-refractivity contribution in [2.45, 2.75) is 0 Å². The number of benzene rings is 1. The molecule has 2 aromatic rings. The van der Waals surface area contributed by atoms with E-state index in [0.717, 1.165) is 0 Å². The molecule has 0 fully saturated rings. The fourth-order valence-corrected chi connectivity index (χ4v) is 2.55. The second-order valence-corrected chi connectivity index (χ2v) is 6.12. The van der Waals surface area contributed by atoms with Gasteiger partial charge in [-0.2, -0.15) is 5.10 Å². The van der Waals surface area contributed by atoms with Crippen LogP contribution in [0.3, 0.4) is 0 Å². The number of amides is 1. The van der Waals surface area contributed by atoms with E-state index < -0.39 is 5.91 Å². The van der Waals surface area contributed by atoms with E-state index in [4.69, 9.17) is 63.7 Å². The van der Waals surface area contributed by atoms with Gasteiger partial charge in [-0.1, -0.05) is 64.1 Å². The van der Waals surface area contributed by atoms with Crippen molar-refractivity contribution in [1.82, 2.24) is 10.4 Å². The van der Waals surface area contributed by atoms with Gasteiger partial charge in [0.25, 0.3) is 5.91 Å². The molecule has 0 aliphatic heterocycles. The first kappa shape index (κ1) is 18.1. The Kier molecular flexibility index (Phi) is 5.95. The molecule has 5 nitrogen and oxygen atoms in total. The number of anilines is 1. The highest BCUT2D eigenvalue weighted by Crippen LogP contribution is 2.34. The lowest BCUT2D eigenvalue weighted by atomic mass is 10.2. The minimum absolute atomic E-state index is 0.0235. The van der Waals surface area contributed by atoms with Crippen LogP contribution in [0.1, 0.15) is 16.1 Å².